The second-order valence-corrected chi connectivity index (χ2v) is 10.1. The summed E-state index contributed by atoms with van der Waals surface area (Å²) in [5, 5.41) is 13.3. The molecule has 176 valence electrons. The fraction of sp³-hybridized carbons (Fsp3) is 0. The Balaban J connectivity index is 0.000000119. The molecule has 0 aliphatic heterocycles. The van der Waals surface area contributed by atoms with Gasteiger partial charge in [0.05, 0.1) is 0 Å². The lowest BCUT2D eigenvalue weighted by Crippen LogP contribution is -1.80. The molecule has 0 atom stereocenters. The molecule has 8 aromatic rings. The van der Waals surface area contributed by atoms with Gasteiger partial charge in [0.1, 0.15) is 0 Å². The molecular weight excluding hydrogens is 456 g/mol. The van der Waals surface area contributed by atoms with Crippen LogP contribution in [-0.4, -0.2) is 0 Å². The molecule has 0 unspecified atom stereocenters. The van der Waals surface area contributed by atoms with Crippen molar-refractivity contribution < 1.29 is 0 Å². The number of benzene rings is 8. The molecule has 0 radical (unpaired) electrons. The lowest BCUT2D eigenvalue weighted by atomic mass is 9.96. The van der Waals surface area contributed by atoms with Gasteiger partial charge in [-0.15, -0.1) is 0 Å². The average Bonchev–Trinajstić information content (AvgIpc) is 3.33. The monoisotopic (exact) mass is 480 g/mol. The van der Waals surface area contributed by atoms with Gasteiger partial charge in [0.25, 0.3) is 0 Å². The first-order chi connectivity index (χ1) is 18.8. The van der Waals surface area contributed by atoms with E-state index in [1.807, 2.05) is 0 Å². The highest BCUT2D eigenvalue weighted by Crippen LogP contribution is 2.50. The van der Waals surface area contributed by atoms with E-state index in [2.05, 4.69) is 146 Å². The summed E-state index contributed by atoms with van der Waals surface area (Å²) >= 11 is 0. The first-order valence-corrected chi connectivity index (χ1v) is 13.2. The minimum absolute atomic E-state index is 1.31. The normalized spacial score (nSPS) is 11.7. The average molecular weight is 481 g/mol. The van der Waals surface area contributed by atoms with Gasteiger partial charge in [-0.05, 0) is 94.3 Å². The lowest BCUT2D eigenvalue weighted by molar-refractivity contribution is 1.70. The molecule has 0 saturated carbocycles. The van der Waals surface area contributed by atoms with Crippen LogP contribution in [0, 0.1) is 0 Å². The first kappa shape index (κ1) is 21.2. The molecule has 0 heterocycles. The Hall–Kier alpha value is -4.94. The smallest absolute Gasteiger partial charge is 0.00143 e. The summed E-state index contributed by atoms with van der Waals surface area (Å²) in [4.78, 5) is 0. The van der Waals surface area contributed by atoms with Gasteiger partial charge in [-0.1, -0.05) is 127 Å². The molecule has 1 aliphatic rings. The van der Waals surface area contributed by atoms with Crippen molar-refractivity contribution in [2.24, 2.45) is 0 Å². The molecule has 38 heavy (non-hydrogen) atoms. The predicted molar refractivity (Wildman–Crippen MR) is 165 cm³/mol. The van der Waals surface area contributed by atoms with Crippen molar-refractivity contribution in [1.29, 1.82) is 0 Å². The van der Waals surface area contributed by atoms with E-state index in [0.717, 1.165) is 0 Å². The Morgan fingerprint density at radius 3 is 1.63 bits per heavy atom. The second kappa shape index (κ2) is 8.30. The van der Waals surface area contributed by atoms with Crippen LogP contribution in [0.4, 0.5) is 0 Å². The van der Waals surface area contributed by atoms with Gasteiger partial charge in [0.2, 0.25) is 0 Å². The van der Waals surface area contributed by atoms with E-state index >= 15 is 0 Å². The molecule has 0 N–H and O–H groups in total. The van der Waals surface area contributed by atoms with Crippen LogP contribution in [0.25, 0.3) is 76.1 Å². The molecule has 0 heteroatoms. The zero-order chi connectivity index (χ0) is 25.1. The first-order valence-electron chi connectivity index (χ1n) is 13.2. The Labute approximate surface area is 221 Å². The van der Waals surface area contributed by atoms with Crippen LogP contribution in [-0.2, 0) is 0 Å². The largest absolute Gasteiger partial charge is 0.0616 e. The molecule has 0 amide bonds. The van der Waals surface area contributed by atoms with Crippen LogP contribution in [0.5, 0.6) is 0 Å². The fourth-order valence-electron chi connectivity index (χ4n) is 6.26. The van der Waals surface area contributed by atoms with Crippen LogP contribution in [0.15, 0.2) is 146 Å². The number of rotatable bonds is 0. The molecule has 0 nitrogen and oxygen atoms in total. The maximum Gasteiger partial charge on any atom is -0.00143 e. The van der Waals surface area contributed by atoms with Crippen molar-refractivity contribution in [3.63, 3.8) is 0 Å². The van der Waals surface area contributed by atoms with Crippen molar-refractivity contribution in [3.8, 4) is 22.3 Å². The predicted octanol–water partition coefficient (Wildman–Crippen LogP) is 10.8. The van der Waals surface area contributed by atoms with E-state index in [1.54, 1.807) is 0 Å². The highest BCUT2D eigenvalue weighted by molar-refractivity contribution is 6.23. The summed E-state index contributed by atoms with van der Waals surface area (Å²) < 4.78 is 0. The number of fused-ring (bicyclic) bond motifs is 9. The maximum atomic E-state index is 2.31. The van der Waals surface area contributed by atoms with Gasteiger partial charge in [-0.3, -0.25) is 0 Å². The minimum atomic E-state index is 1.31. The Kier molecular flexibility index (Phi) is 4.62. The third-order valence-corrected chi connectivity index (χ3v) is 7.99. The molecule has 8 aromatic carbocycles. The van der Waals surface area contributed by atoms with Crippen molar-refractivity contribution >= 4 is 53.9 Å². The summed E-state index contributed by atoms with van der Waals surface area (Å²) in [7, 11) is 0. The molecule has 0 spiro atoms. The second-order valence-electron chi connectivity index (χ2n) is 10.1. The standard InChI is InChI=1S/C20H12.C18H12/c1-2-8-15-13(6-1)12-14-7-5-11-17-16-9-3-4-10-18(16)20(15)19(14)17;1-2-7-15-12-18-16(11-14(15)6-1)10-9-13-5-3-4-8-17(13)18/h1-12H;1-12H. The third kappa shape index (κ3) is 3.17. The van der Waals surface area contributed by atoms with E-state index in [-0.39, 0.29) is 0 Å². The Morgan fingerprint density at radius 2 is 0.789 bits per heavy atom. The third-order valence-electron chi connectivity index (χ3n) is 7.99. The number of hydrogen-bond acceptors (Lipinski definition) is 0. The van der Waals surface area contributed by atoms with Crippen molar-refractivity contribution in [2.75, 3.05) is 0 Å². The quantitative estimate of drug-likeness (QED) is 0.150. The van der Waals surface area contributed by atoms with Crippen LogP contribution in [0.2, 0.25) is 0 Å². The van der Waals surface area contributed by atoms with Crippen molar-refractivity contribution in [3.05, 3.63) is 146 Å². The van der Waals surface area contributed by atoms with Crippen LogP contribution in [0.1, 0.15) is 0 Å². The molecule has 0 fully saturated rings. The van der Waals surface area contributed by atoms with Gasteiger partial charge in [0.15, 0.2) is 0 Å². The zero-order valence-corrected chi connectivity index (χ0v) is 20.9. The van der Waals surface area contributed by atoms with Crippen molar-refractivity contribution in [2.45, 2.75) is 0 Å². The molecule has 0 aromatic heterocycles. The van der Waals surface area contributed by atoms with E-state index in [4.69, 9.17) is 0 Å². The lowest BCUT2D eigenvalue weighted by Gasteiger charge is -2.07. The van der Waals surface area contributed by atoms with Crippen LogP contribution >= 0.6 is 0 Å². The van der Waals surface area contributed by atoms with Crippen LogP contribution in [0.3, 0.4) is 0 Å². The van der Waals surface area contributed by atoms with Gasteiger partial charge in [-0.25, -0.2) is 0 Å². The van der Waals surface area contributed by atoms with Gasteiger partial charge >= 0.3 is 0 Å². The van der Waals surface area contributed by atoms with E-state index in [9.17, 15) is 0 Å². The topological polar surface area (TPSA) is 0 Å². The maximum absolute atomic E-state index is 2.31. The highest BCUT2D eigenvalue weighted by Gasteiger charge is 2.22. The van der Waals surface area contributed by atoms with Crippen molar-refractivity contribution in [1.82, 2.24) is 0 Å². The van der Waals surface area contributed by atoms with Crippen LogP contribution < -0.4 is 0 Å². The molecule has 0 saturated heterocycles. The molecule has 1 aliphatic carbocycles. The fourth-order valence-corrected chi connectivity index (χ4v) is 6.26. The Bertz CT molecular complexity index is 2180. The molecule has 0 bridgehead atoms. The van der Waals surface area contributed by atoms with E-state index < -0.39 is 0 Å². The van der Waals surface area contributed by atoms with E-state index in [0.29, 0.717) is 0 Å². The van der Waals surface area contributed by atoms with Gasteiger partial charge in [0, 0.05) is 0 Å². The minimum Gasteiger partial charge on any atom is -0.0616 e. The zero-order valence-electron chi connectivity index (χ0n) is 20.9. The van der Waals surface area contributed by atoms with Gasteiger partial charge in [-0.2, -0.15) is 0 Å². The molecular formula is C38H24. The van der Waals surface area contributed by atoms with E-state index in [1.165, 1.54) is 76.1 Å². The summed E-state index contributed by atoms with van der Waals surface area (Å²) in [6, 6.07) is 52.5. The van der Waals surface area contributed by atoms with Gasteiger partial charge < -0.3 is 0 Å². The summed E-state index contributed by atoms with van der Waals surface area (Å²) in [5.41, 5.74) is 5.52. The Morgan fingerprint density at radius 1 is 0.263 bits per heavy atom. The summed E-state index contributed by atoms with van der Waals surface area (Å²) in [5.74, 6) is 0. The molecule has 9 rings (SSSR count). The summed E-state index contributed by atoms with van der Waals surface area (Å²) in [6.07, 6.45) is 0. The SMILES string of the molecule is c1ccc2c(c1)-c1cccc3cc4ccccc4c-2c13.c1ccc2cc3c(ccc4ccccc43)cc2c1. The number of hydrogen-bond donors (Lipinski definition) is 0. The summed E-state index contributed by atoms with van der Waals surface area (Å²) in [6.45, 7) is 0. The highest BCUT2D eigenvalue weighted by atomic mass is 14.2.